The Morgan fingerprint density at radius 1 is 1.40 bits per heavy atom. The lowest BCUT2D eigenvalue weighted by Crippen LogP contribution is -2.40. The van der Waals surface area contributed by atoms with Crippen LogP contribution in [0.3, 0.4) is 0 Å². The third-order valence-corrected chi connectivity index (χ3v) is 2.18. The molecule has 0 aliphatic heterocycles. The van der Waals surface area contributed by atoms with Gasteiger partial charge in [-0.25, -0.2) is 0 Å². The average molecular weight is 217 g/mol. The number of rotatable bonds is 8. The molecule has 0 N–H and O–H groups in total. The molecule has 0 heterocycles. The molecule has 0 fully saturated rings. The molecule has 0 bridgehead atoms. The molecule has 1 atom stereocenters. The van der Waals surface area contributed by atoms with Gasteiger partial charge in [-0.2, -0.15) is 0 Å². The minimum Gasteiger partial charge on any atom is -0.465 e. The van der Waals surface area contributed by atoms with E-state index in [1.807, 2.05) is 6.92 Å². The molecule has 0 aromatic carbocycles. The summed E-state index contributed by atoms with van der Waals surface area (Å²) in [5.74, 6) is -0.158. The highest BCUT2D eigenvalue weighted by Crippen LogP contribution is 2.01. The molecule has 0 aromatic rings. The van der Waals surface area contributed by atoms with E-state index in [2.05, 4.69) is 18.7 Å². The predicted molar refractivity (Wildman–Crippen MR) is 59.8 cm³/mol. The Balaban J connectivity index is 4.07. The van der Waals surface area contributed by atoms with Crippen molar-refractivity contribution >= 4 is 5.97 Å². The lowest BCUT2D eigenvalue weighted by molar-refractivity contribution is -0.145. The second-order valence-electron chi connectivity index (χ2n) is 3.58. The van der Waals surface area contributed by atoms with Crippen LogP contribution in [0.4, 0.5) is 0 Å². The van der Waals surface area contributed by atoms with Crippen molar-refractivity contribution in [3.8, 4) is 0 Å². The molecule has 0 spiro atoms. The minimum atomic E-state index is -0.158. The van der Waals surface area contributed by atoms with E-state index < -0.39 is 0 Å². The molecular weight excluding hydrogens is 194 g/mol. The molecule has 0 aliphatic rings. The van der Waals surface area contributed by atoms with Gasteiger partial charge in [-0.05, 0) is 26.8 Å². The van der Waals surface area contributed by atoms with Crippen LogP contribution >= 0.6 is 0 Å². The van der Waals surface area contributed by atoms with Crippen molar-refractivity contribution in [2.75, 3.05) is 33.4 Å². The fourth-order valence-corrected chi connectivity index (χ4v) is 1.46. The van der Waals surface area contributed by atoms with E-state index in [1.54, 1.807) is 7.11 Å². The molecule has 1 unspecified atom stereocenters. The summed E-state index contributed by atoms with van der Waals surface area (Å²) in [6, 6.07) is 0.249. The summed E-state index contributed by atoms with van der Waals surface area (Å²) in [6.45, 7) is 8.29. The summed E-state index contributed by atoms with van der Waals surface area (Å²) < 4.78 is 10.0. The van der Waals surface area contributed by atoms with Crippen LogP contribution in [0.2, 0.25) is 0 Å². The summed E-state index contributed by atoms with van der Waals surface area (Å²) >= 11 is 0. The highest BCUT2D eigenvalue weighted by molar-refractivity contribution is 5.71. The van der Waals surface area contributed by atoms with Gasteiger partial charge in [-0.3, -0.25) is 9.69 Å². The number of carbonyl (C=O) groups excluding carboxylic acids is 1. The van der Waals surface area contributed by atoms with Crippen LogP contribution in [0, 0.1) is 0 Å². The van der Waals surface area contributed by atoms with Crippen LogP contribution < -0.4 is 0 Å². The third kappa shape index (κ3) is 6.47. The largest absolute Gasteiger partial charge is 0.465 e. The Labute approximate surface area is 92.5 Å². The Morgan fingerprint density at radius 2 is 2.07 bits per heavy atom. The van der Waals surface area contributed by atoms with E-state index >= 15 is 0 Å². The van der Waals surface area contributed by atoms with Crippen LogP contribution in [0.15, 0.2) is 0 Å². The van der Waals surface area contributed by atoms with Crippen molar-refractivity contribution in [2.45, 2.75) is 33.2 Å². The van der Waals surface area contributed by atoms with Crippen molar-refractivity contribution in [3.05, 3.63) is 0 Å². The van der Waals surface area contributed by atoms with Crippen molar-refractivity contribution < 1.29 is 14.3 Å². The summed E-state index contributed by atoms with van der Waals surface area (Å²) in [4.78, 5) is 13.4. The smallest absolute Gasteiger partial charge is 0.320 e. The monoisotopic (exact) mass is 217 g/mol. The quantitative estimate of drug-likeness (QED) is 0.574. The molecule has 4 nitrogen and oxygen atoms in total. The molecule has 15 heavy (non-hydrogen) atoms. The summed E-state index contributed by atoms with van der Waals surface area (Å²) in [5.41, 5.74) is 0. The molecule has 4 heteroatoms. The number of methoxy groups -OCH3 is 1. The first kappa shape index (κ1) is 14.4. The molecule has 0 radical (unpaired) electrons. The third-order valence-electron chi connectivity index (χ3n) is 2.18. The molecule has 90 valence electrons. The summed E-state index contributed by atoms with van der Waals surface area (Å²) in [7, 11) is 1.67. The van der Waals surface area contributed by atoms with Crippen LogP contribution in [-0.2, 0) is 14.3 Å². The van der Waals surface area contributed by atoms with Crippen molar-refractivity contribution in [2.24, 2.45) is 0 Å². The van der Waals surface area contributed by atoms with Crippen molar-refractivity contribution in [1.29, 1.82) is 0 Å². The molecular formula is C11H23NO3. The zero-order valence-corrected chi connectivity index (χ0v) is 10.3. The molecule has 0 saturated heterocycles. The zero-order chi connectivity index (χ0) is 11.7. The van der Waals surface area contributed by atoms with E-state index in [-0.39, 0.29) is 12.0 Å². The van der Waals surface area contributed by atoms with E-state index in [1.165, 1.54) is 0 Å². The van der Waals surface area contributed by atoms with Crippen LogP contribution in [-0.4, -0.2) is 50.3 Å². The highest BCUT2D eigenvalue weighted by Gasteiger charge is 2.16. The van der Waals surface area contributed by atoms with E-state index in [0.29, 0.717) is 19.8 Å². The summed E-state index contributed by atoms with van der Waals surface area (Å²) in [6.07, 6.45) is 1.02. The number of nitrogens with zero attached hydrogens (tertiary/aromatic N) is 1. The number of hydrogen-bond acceptors (Lipinski definition) is 4. The van der Waals surface area contributed by atoms with Gasteiger partial charge in [0.1, 0.15) is 0 Å². The SMILES string of the molecule is CCCN(CC(=O)OCC)C(C)COC. The second-order valence-corrected chi connectivity index (χ2v) is 3.58. The van der Waals surface area contributed by atoms with Gasteiger partial charge in [0.2, 0.25) is 0 Å². The Hall–Kier alpha value is -0.610. The van der Waals surface area contributed by atoms with Gasteiger partial charge in [-0.15, -0.1) is 0 Å². The van der Waals surface area contributed by atoms with E-state index in [0.717, 1.165) is 13.0 Å². The Bertz CT molecular complexity index is 173. The van der Waals surface area contributed by atoms with Gasteiger partial charge < -0.3 is 9.47 Å². The molecule has 0 amide bonds. The Morgan fingerprint density at radius 3 is 2.53 bits per heavy atom. The second kappa shape index (κ2) is 8.68. The van der Waals surface area contributed by atoms with Gasteiger partial charge in [0, 0.05) is 13.2 Å². The van der Waals surface area contributed by atoms with E-state index in [9.17, 15) is 4.79 Å². The maximum atomic E-state index is 11.3. The molecule has 0 saturated carbocycles. The highest BCUT2D eigenvalue weighted by atomic mass is 16.5. The number of ether oxygens (including phenoxy) is 2. The van der Waals surface area contributed by atoms with Gasteiger partial charge in [-0.1, -0.05) is 6.92 Å². The predicted octanol–water partition coefficient (Wildman–Crippen LogP) is 1.30. The first-order chi connectivity index (χ1) is 7.15. The first-order valence-electron chi connectivity index (χ1n) is 5.54. The lowest BCUT2D eigenvalue weighted by Gasteiger charge is -2.27. The van der Waals surface area contributed by atoms with Crippen molar-refractivity contribution in [1.82, 2.24) is 4.90 Å². The topological polar surface area (TPSA) is 38.8 Å². The fraction of sp³-hybridized carbons (Fsp3) is 0.909. The first-order valence-corrected chi connectivity index (χ1v) is 5.54. The van der Waals surface area contributed by atoms with E-state index in [4.69, 9.17) is 9.47 Å². The van der Waals surface area contributed by atoms with Crippen LogP contribution in [0.25, 0.3) is 0 Å². The Kier molecular flexibility index (Phi) is 8.33. The molecule has 0 aromatic heterocycles. The van der Waals surface area contributed by atoms with Crippen LogP contribution in [0.5, 0.6) is 0 Å². The lowest BCUT2D eigenvalue weighted by atomic mass is 10.2. The van der Waals surface area contributed by atoms with Gasteiger partial charge >= 0.3 is 5.97 Å². The zero-order valence-electron chi connectivity index (χ0n) is 10.3. The fourth-order valence-electron chi connectivity index (χ4n) is 1.46. The van der Waals surface area contributed by atoms with Gasteiger partial charge in [0.05, 0.1) is 19.8 Å². The summed E-state index contributed by atoms with van der Waals surface area (Å²) in [5, 5.41) is 0. The minimum absolute atomic E-state index is 0.158. The van der Waals surface area contributed by atoms with Crippen LogP contribution in [0.1, 0.15) is 27.2 Å². The molecule has 0 rings (SSSR count). The maximum absolute atomic E-state index is 11.3. The number of esters is 1. The maximum Gasteiger partial charge on any atom is 0.320 e. The van der Waals surface area contributed by atoms with Gasteiger partial charge in [0.25, 0.3) is 0 Å². The standard InChI is InChI=1S/C11H23NO3/c1-5-7-12(10(3)9-14-4)8-11(13)15-6-2/h10H,5-9H2,1-4H3. The normalized spacial score (nSPS) is 12.9. The molecule has 0 aliphatic carbocycles. The average Bonchev–Trinajstić information content (AvgIpc) is 2.18. The number of carbonyl (C=O) groups is 1. The van der Waals surface area contributed by atoms with Crippen molar-refractivity contribution in [3.63, 3.8) is 0 Å². The number of hydrogen-bond donors (Lipinski definition) is 0. The van der Waals surface area contributed by atoms with Gasteiger partial charge in [0.15, 0.2) is 0 Å².